The largest absolute Gasteiger partial charge is 0.373 e. The third-order valence-corrected chi connectivity index (χ3v) is 3.55. The van der Waals surface area contributed by atoms with Crippen molar-refractivity contribution in [3.05, 3.63) is 18.0 Å². The highest BCUT2D eigenvalue weighted by molar-refractivity contribution is 5.12. The first kappa shape index (κ1) is 12.6. The lowest BCUT2D eigenvalue weighted by molar-refractivity contribution is -0.0904. The van der Waals surface area contributed by atoms with Crippen LogP contribution in [0.4, 0.5) is 0 Å². The molecular formula is C13H23N3O. The van der Waals surface area contributed by atoms with Crippen LogP contribution in [-0.2, 0) is 11.8 Å². The maximum absolute atomic E-state index is 6.03. The smallest absolute Gasteiger partial charge is 0.0864 e. The van der Waals surface area contributed by atoms with E-state index in [4.69, 9.17) is 4.74 Å². The van der Waals surface area contributed by atoms with Crippen molar-refractivity contribution in [1.29, 1.82) is 0 Å². The van der Waals surface area contributed by atoms with Gasteiger partial charge < -0.3 is 10.1 Å². The van der Waals surface area contributed by atoms with E-state index in [-0.39, 0.29) is 11.6 Å². The van der Waals surface area contributed by atoms with Gasteiger partial charge in [-0.15, -0.1) is 0 Å². The Balaban J connectivity index is 2.21. The van der Waals surface area contributed by atoms with E-state index in [1.165, 1.54) is 12.8 Å². The lowest BCUT2D eigenvalue weighted by Crippen LogP contribution is -2.46. The molecule has 1 N–H and O–H groups in total. The molecule has 0 bridgehead atoms. The van der Waals surface area contributed by atoms with Gasteiger partial charge in [-0.3, -0.25) is 4.68 Å². The molecular weight excluding hydrogens is 214 g/mol. The average molecular weight is 237 g/mol. The lowest BCUT2D eigenvalue weighted by Gasteiger charge is -2.40. The van der Waals surface area contributed by atoms with Crippen LogP contribution in [0.2, 0.25) is 0 Å². The van der Waals surface area contributed by atoms with E-state index in [1.54, 1.807) is 0 Å². The second-order valence-electron chi connectivity index (χ2n) is 5.02. The molecule has 1 fully saturated rings. The van der Waals surface area contributed by atoms with Crippen LogP contribution in [0.3, 0.4) is 0 Å². The third kappa shape index (κ3) is 2.69. The zero-order chi connectivity index (χ0) is 12.3. The van der Waals surface area contributed by atoms with Crippen LogP contribution < -0.4 is 5.32 Å². The van der Waals surface area contributed by atoms with Crippen LogP contribution in [0.1, 0.15) is 44.8 Å². The fourth-order valence-electron chi connectivity index (χ4n) is 2.61. The molecule has 0 spiro atoms. The van der Waals surface area contributed by atoms with Gasteiger partial charge in [0.05, 0.1) is 17.3 Å². The van der Waals surface area contributed by atoms with Crippen molar-refractivity contribution >= 4 is 0 Å². The highest BCUT2D eigenvalue weighted by Gasteiger charge is 2.38. The van der Waals surface area contributed by atoms with Crippen molar-refractivity contribution in [2.45, 2.75) is 44.8 Å². The minimum absolute atomic E-state index is 0.122. The van der Waals surface area contributed by atoms with Crippen LogP contribution in [0.25, 0.3) is 0 Å². The van der Waals surface area contributed by atoms with Crippen molar-refractivity contribution in [1.82, 2.24) is 15.1 Å². The zero-order valence-electron chi connectivity index (χ0n) is 11.1. The van der Waals surface area contributed by atoms with Crippen LogP contribution in [0.15, 0.2) is 12.3 Å². The second kappa shape index (κ2) is 5.19. The van der Waals surface area contributed by atoms with Gasteiger partial charge in [0, 0.05) is 19.9 Å². The van der Waals surface area contributed by atoms with Gasteiger partial charge in [-0.05, 0) is 38.8 Å². The molecule has 2 rings (SSSR count). The topological polar surface area (TPSA) is 39.1 Å². The Morgan fingerprint density at radius 1 is 1.59 bits per heavy atom. The van der Waals surface area contributed by atoms with E-state index in [0.29, 0.717) is 0 Å². The number of aromatic nitrogens is 2. The Morgan fingerprint density at radius 3 is 2.94 bits per heavy atom. The first-order chi connectivity index (χ1) is 8.15. The molecule has 1 aromatic heterocycles. The molecule has 17 heavy (non-hydrogen) atoms. The van der Waals surface area contributed by atoms with Crippen molar-refractivity contribution in [3.63, 3.8) is 0 Å². The number of hydrogen-bond acceptors (Lipinski definition) is 3. The molecule has 0 saturated carbocycles. The monoisotopic (exact) mass is 237 g/mol. The Morgan fingerprint density at radius 2 is 2.41 bits per heavy atom. The van der Waals surface area contributed by atoms with Crippen LogP contribution >= 0.6 is 0 Å². The Kier molecular flexibility index (Phi) is 3.84. The number of likely N-dealkylation sites (N-methyl/N-ethyl adjacent to an activating group) is 1. The summed E-state index contributed by atoms with van der Waals surface area (Å²) in [5.74, 6) is 0. The summed E-state index contributed by atoms with van der Waals surface area (Å²) >= 11 is 0. The Bertz CT molecular complexity index is 355. The molecule has 0 aliphatic carbocycles. The average Bonchev–Trinajstić information content (AvgIpc) is 2.73. The molecule has 4 nitrogen and oxygen atoms in total. The molecule has 2 atom stereocenters. The molecule has 1 aromatic rings. The van der Waals surface area contributed by atoms with E-state index in [2.05, 4.69) is 30.3 Å². The summed E-state index contributed by atoms with van der Waals surface area (Å²) in [6, 6.07) is 2.27. The number of nitrogens with one attached hydrogen (secondary N) is 1. The molecule has 2 unspecified atom stereocenters. The van der Waals surface area contributed by atoms with E-state index >= 15 is 0 Å². The highest BCUT2D eigenvalue weighted by atomic mass is 16.5. The summed E-state index contributed by atoms with van der Waals surface area (Å²) in [7, 11) is 1.95. The van der Waals surface area contributed by atoms with Crippen LogP contribution in [0, 0.1) is 0 Å². The standard InChI is InChI=1S/C13H23N3O/c1-4-14-12(11-7-9-16(3)15-11)13(2)8-5-6-10-17-13/h7,9,12,14H,4-6,8,10H2,1-3H3. The van der Waals surface area contributed by atoms with Crippen LogP contribution in [-0.4, -0.2) is 28.5 Å². The molecule has 2 heterocycles. The lowest BCUT2D eigenvalue weighted by atomic mass is 9.86. The summed E-state index contributed by atoms with van der Waals surface area (Å²) in [4.78, 5) is 0. The van der Waals surface area contributed by atoms with Gasteiger partial charge in [0.15, 0.2) is 0 Å². The van der Waals surface area contributed by atoms with Crippen molar-refractivity contribution in [2.75, 3.05) is 13.2 Å². The third-order valence-electron chi connectivity index (χ3n) is 3.55. The first-order valence-electron chi connectivity index (χ1n) is 6.52. The normalized spacial score (nSPS) is 27.0. The van der Waals surface area contributed by atoms with Crippen molar-refractivity contribution in [3.8, 4) is 0 Å². The molecule has 0 amide bonds. The maximum atomic E-state index is 6.03. The first-order valence-corrected chi connectivity index (χ1v) is 6.52. The van der Waals surface area contributed by atoms with E-state index in [1.807, 2.05) is 17.9 Å². The molecule has 0 radical (unpaired) electrons. The number of rotatable bonds is 4. The highest BCUT2D eigenvalue weighted by Crippen LogP contribution is 2.35. The van der Waals surface area contributed by atoms with Gasteiger partial charge >= 0.3 is 0 Å². The number of aryl methyl sites for hydroxylation is 1. The van der Waals surface area contributed by atoms with E-state index in [9.17, 15) is 0 Å². The molecule has 1 saturated heterocycles. The quantitative estimate of drug-likeness (QED) is 0.871. The van der Waals surface area contributed by atoms with Gasteiger partial charge in [0.2, 0.25) is 0 Å². The number of nitrogens with zero attached hydrogens (tertiary/aromatic N) is 2. The molecule has 0 aromatic carbocycles. The van der Waals surface area contributed by atoms with Gasteiger partial charge in [-0.1, -0.05) is 6.92 Å². The molecule has 1 aliphatic heterocycles. The SMILES string of the molecule is CCNC(c1ccn(C)n1)C1(C)CCCCO1. The summed E-state index contributed by atoms with van der Waals surface area (Å²) in [6.45, 7) is 6.13. The predicted molar refractivity (Wildman–Crippen MR) is 67.8 cm³/mol. The summed E-state index contributed by atoms with van der Waals surface area (Å²) < 4.78 is 7.89. The fraction of sp³-hybridized carbons (Fsp3) is 0.769. The number of hydrogen-bond donors (Lipinski definition) is 1. The van der Waals surface area contributed by atoms with Gasteiger partial charge in [0.1, 0.15) is 0 Å². The Hall–Kier alpha value is -0.870. The number of ether oxygens (including phenoxy) is 1. The molecule has 96 valence electrons. The van der Waals surface area contributed by atoms with Gasteiger partial charge in [0.25, 0.3) is 0 Å². The van der Waals surface area contributed by atoms with E-state index in [0.717, 1.165) is 25.3 Å². The summed E-state index contributed by atoms with van der Waals surface area (Å²) in [5.41, 5.74) is 0.960. The predicted octanol–water partition coefficient (Wildman–Crippen LogP) is 2.03. The zero-order valence-corrected chi connectivity index (χ0v) is 11.1. The fourth-order valence-corrected chi connectivity index (χ4v) is 2.61. The Labute approximate surface area is 103 Å². The van der Waals surface area contributed by atoms with Crippen molar-refractivity contribution < 1.29 is 4.74 Å². The van der Waals surface area contributed by atoms with Crippen LogP contribution in [0.5, 0.6) is 0 Å². The summed E-state index contributed by atoms with van der Waals surface area (Å²) in [6.07, 6.45) is 5.51. The molecule has 4 heteroatoms. The summed E-state index contributed by atoms with van der Waals surface area (Å²) in [5, 5.41) is 8.05. The maximum Gasteiger partial charge on any atom is 0.0864 e. The molecule has 1 aliphatic rings. The van der Waals surface area contributed by atoms with Gasteiger partial charge in [-0.25, -0.2) is 0 Å². The second-order valence-corrected chi connectivity index (χ2v) is 5.02. The van der Waals surface area contributed by atoms with Crippen molar-refractivity contribution in [2.24, 2.45) is 7.05 Å². The minimum atomic E-state index is -0.122. The minimum Gasteiger partial charge on any atom is -0.373 e. The van der Waals surface area contributed by atoms with E-state index < -0.39 is 0 Å². The van der Waals surface area contributed by atoms with Gasteiger partial charge in [-0.2, -0.15) is 5.10 Å².